The van der Waals surface area contributed by atoms with E-state index in [0.29, 0.717) is 29.9 Å². The lowest BCUT2D eigenvalue weighted by molar-refractivity contribution is -0.126. The smallest absolute Gasteiger partial charge is 0.348 e. The number of anilines is 1. The molecule has 1 atom stereocenters. The van der Waals surface area contributed by atoms with Crippen molar-refractivity contribution in [1.29, 1.82) is 0 Å². The van der Waals surface area contributed by atoms with E-state index in [0.717, 1.165) is 53.8 Å². The molecule has 2 fully saturated rings. The van der Waals surface area contributed by atoms with Gasteiger partial charge < -0.3 is 15.0 Å². The molecule has 31 heavy (non-hydrogen) atoms. The van der Waals surface area contributed by atoms with Gasteiger partial charge in [-0.2, -0.15) is 0 Å². The van der Waals surface area contributed by atoms with Crippen molar-refractivity contribution in [1.82, 2.24) is 15.3 Å². The molecule has 1 aliphatic carbocycles. The molecule has 2 aromatic heterocycles. The summed E-state index contributed by atoms with van der Waals surface area (Å²) in [4.78, 5) is 38.3. The van der Waals surface area contributed by atoms with Gasteiger partial charge in [0, 0.05) is 19.1 Å². The number of hydrogen-bond acceptors (Lipinski definition) is 7. The number of piperidine rings is 1. The van der Waals surface area contributed by atoms with Gasteiger partial charge in [0.1, 0.15) is 21.3 Å². The van der Waals surface area contributed by atoms with Crippen molar-refractivity contribution < 1.29 is 14.3 Å². The average molecular weight is 445 g/mol. The summed E-state index contributed by atoms with van der Waals surface area (Å²) in [6.07, 6.45) is 7.73. The highest BCUT2D eigenvalue weighted by molar-refractivity contribution is 7.20. The molecule has 1 saturated carbocycles. The molecule has 8 heteroatoms. The zero-order valence-corrected chi connectivity index (χ0v) is 19.5. The molecule has 2 aliphatic rings. The van der Waals surface area contributed by atoms with Crippen molar-refractivity contribution in [3.05, 3.63) is 16.3 Å². The number of nitrogens with one attached hydrogen (secondary N) is 1. The number of aromatic nitrogens is 2. The maximum absolute atomic E-state index is 13.0. The summed E-state index contributed by atoms with van der Waals surface area (Å²) in [6, 6.07) is 0.330. The molecular weight excluding hydrogens is 412 g/mol. The molecule has 3 heterocycles. The van der Waals surface area contributed by atoms with Crippen LogP contribution in [0, 0.1) is 19.8 Å². The van der Waals surface area contributed by atoms with Gasteiger partial charge in [-0.3, -0.25) is 4.79 Å². The van der Waals surface area contributed by atoms with Crippen LogP contribution < -0.4 is 10.2 Å². The van der Waals surface area contributed by atoms with E-state index in [1.54, 1.807) is 0 Å². The summed E-state index contributed by atoms with van der Waals surface area (Å²) in [7, 11) is 0. The number of carbonyl (C=O) groups is 2. The van der Waals surface area contributed by atoms with Crippen LogP contribution in [0.15, 0.2) is 0 Å². The number of rotatable bonds is 5. The van der Waals surface area contributed by atoms with E-state index in [2.05, 4.69) is 15.2 Å². The second kappa shape index (κ2) is 9.51. The molecule has 0 bridgehead atoms. The van der Waals surface area contributed by atoms with Gasteiger partial charge in [-0.1, -0.05) is 19.3 Å². The molecule has 7 nitrogen and oxygen atoms in total. The number of carbonyl (C=O) groups excluding carboxylic acids is 2. The molecule has 1 N–H and O–H groups in total. The van der Waals surface area contributed by atoms with E-state index in [1.807, 2.05) is 20.8 Å². The Morgan fingerprint density at radius 1 is 1.13 bits per heavy atom. The summed E-state index contributed by atoms with van der Waals surface area (Å²) in [5.41, 5.74) is 0.863. The highest BCUT2D eigenvalue weighted by Gasteiger charge is 2.31. The van der Waals surface area contributed by atoms with Crippen LogP contribution in [-0.4, -0.2) is 47.6 Å². The first-order chi connectivity index (χ1) is 15.0. The minimum Gasteiger partial charge on any atom is -0.462 e. The summed E-state index contributed by atoms with van der Waals surface area (Å²) in [5.74, 6) is 1.34. The van der Waals surface area contributed by atoms with Gasteiger partial charge in [-0.05, 0) is 52.0 Å². The van der Waals surface area contributed by atoms with E-state index in [9.17, 15) is 9.59 Å². The molecule has 0 spiro atoms. The SMILES string of the molecule is CCOC(=O)c1sc2nc(C)nc(N3CCCC(C(=O)NC4CCCCC4)C3)c2c1C. The van der Waals surface area contributed by atoms with Crippen LogP contribution >= 0.6 is 11.3 Å². The van der Waals surface area contributed by atoms with Gasteiger partial charge in [0.25, 0.3) is 0 Å². The number of amides is 1. The Balaban J connectivity index is 1.58. The fourth-order valence-electron chi connectivity index (χ4n) is 4.79. The minimum absolute atomic E-state index is 0.0375. The molecule has 1 saturated heterocycles. The fraction of sp³-hybridized carbons (Fsp3) is 0.652. The number of fused-ring (bicyclic) bond motifs is 1. The molecule has 1 amide bonds. The zero-order valence-electron chi connectivity index (χ0n) is 18.7. The minimum atomic E-state index is -0.310. The Hall–Kier alpha value is -2.22. The summed E-state index contributed by atoms with van der Waals surface area (Å²) < 4.78 is 5.23. The first-order valence-electron chi connectivity index (χ1n) is 11.5. The standard InChI is InChI=1S/C23H32N4O3S/c1-4-30-23(29)19-14(2)18-20(24-15(3)25-22(18)31-19)27-12-8-9-16(13-27)21(28)26-17-10-6-5-7-11-17/h16-17H,4-13H2,1-3H3,(H,26,28). The van der Waals surface area contributed by atoms with Crippen LogP contribution in [0.25, 0.3) is 10.2 Å². The second-order valence-corrected chi connectivity index (χ2v) is 9.68. The van der Waals surface area contributed by atoms with E-state index in [1.165, 1.54) is 30.6 Å². The van der Waals surface area contributed by atoms with Crippen molar-refractivity contribution >= 4 is 39.2 Å². The Kier molecular flexibility index (Phi) is 6.74. The normalized spacial score (nSPS) is 20.1. The monoisotopic (exact) mass is 444 g/mol. The van der Waals surface area contributed by atoms with Crippen LogP contribution in [-0.2, 0) is 9.53 Å². The Labute approximate surface area is 187 Å². The van der Waals surface area contributed by atoms with Crippen molar-refractivity contribution in [2.75, 3.05) is 24.6 Å². The van der Waals surface area contributed by atoms with Gasteiger partial charge in [-0.25, -0.2) is 14.8 Å². The van der Waals surface area contributed by atoms with Gasteiger partial charge in [0.05, 0.1) is 17.9 Å². The van der Waals surface area contributed by atoms with E-state index in [-0.39, 0.29) is 17.8 Å². The number of esters is 1. The van der Waals surface area contributed by atoms with Crippen molar-refractivity contribution in [2.24, 2.45) is 5.92 Å². The molecule has 168 valence electrons. The molecule has 0 radical (unpaired) electrons. The quantitative estimate of drug-likeness (QED) is 0.698. The van der Waals surface area contributed by atoms with Gasteiger partial charge >= 0.3 is 5.97 Å². The highest BCUT2D eigenvalue weighted by Crippen LogP contribution is 2.37. The van der Waals surface area contributed by atoms with Crippen molar-refractivity contribution in [3.8, 4) is 0 Å². The lowest BCUT2D eigenvalue weighted by Gasteiger charge is -2.34. The van der Waals surface area contributed by atoms with E-state index in [4.69, 9.17) is 9.72 Å². The Morgan fingerprint density at radius 2 is 1.90 bits per heavy atom. The molecule has 4 rings (SSSR count). The van der Waals surface area contributed by atoms with Crippen LogP contribution in [0.5, 0.6) is 0 Å². The lowest BCUT2D eigenvalue weighted by atomic mass is 9.93. The highest BCUT2D eigenvalue weighted by atomic mass is 32.1. The summed E-state index contributed by atoms with van der Waals surface area (Å²) in [6.45, 7) is 7.46. The summed E-state index contributed by atoms with van der Waals surface area (Å²) in [5, 5.41) is 4.21. The van der Waals surface area contributed by atoms with Crippen LogP contribution in [0.4, 0.5) is 5.82 Å². The predicted octanol–water partition coefficient (Wildman–Crippen LogP) is 4.15. The third-order valence-corrected chi connectivity index (χ3v) is 7.55. The molecular formula is C23H32N4O3S. The predicted molar refractivity (Wildman–Crippen MR) is 123 cm³/mol. The zero-order chi connectivity index (χ0) is 22.0. The number of ether oxygens (including phenoxy) is 1. The molecule has 1 unspecified atom stereocenters. The number of nitrogens with zero attached hydrogens (tertiary/aromatic N) is 3. The maximum Gasteiger partial charge on any atom is 0.348 e. The van der Waals surface area contributed by atoms with E-state index < -0.39 is 0 Å². The molecule has 2 aromatic rings. The fourth-order valence-corrected chi connectivity index (χ4v) is 5.91. The van der Waals surface area contributed by atoms with Crippen molar-refractivity contribution in [2.45, 2.75) is 71.8 Å². The van der Waals surface area contributed by atoms with E-state index >= 15 is 0 Å². The maximum atomic E-state index is 13.0. The number of thiophene rings is 1. The van der Waals surface area contributed by atoms with Crippen LogP contribution in [0.1, 0.15) is 72.9 Å². The Morgan fingerprint density at radius 3 is 2.65 bits per heavy atom. The average Bonchev–Trinajstić information content (AvgIpc) is 3.10. The van der Waals surface area contributed by atoms with Gasteiger partial charge in [0.2, 0.25) is 5.91 Å². The van der Waals surface area contributed by atoms with Crippen molar-refractivity contribution in [3.63, 3.8) is 0 Å². The third kappa shape index (κ3) is 4.68. The number of hydrogen-bond donors (Lipinski definition) is 1. The summed E-state index contributed by atoms with van der Waals surface area (Å²) >= 11 is 1.36. The topological polar surface area (TPSA) is 84.4 Å². The Bertz CT molecular complexity index is 967. The second-order valence-electron chi connectivity index (χ2n) is 8.68. The molecule has 1 aliphatic heterocycles. The van der Waals surface area contributed by atoms with Crippen LogP contribution in [0.3, 0.4) is 0 Å². The lowest BCUT2D eigenvalue weighted by Crippen LogP contribution is -2.46. The largest absolute Gasteiger partial charge is 0.462 e. The number of aryl methyl sites for hydroxylation is 2. The van der Waals surface area contributed by atoms with Gasteiger partial charge in [0.15, 0.2) is 0 Å². The molecule has 0 aromatic carbocycles. The van der Waals surface area contributed by atoms with Crippen LogP contribution in [0.2, 0.25) is 0 Å². The van der Waals surface area contributed by atoms with Gasteiger partial charge in [-0.15, -0.1) is 11.3 Å². The third-order valence-electron chi connectivity index (χ3n) is 6.39. The first-order valence-corrected chi connectivity index (χ1v) is 12.3. The first kappa shape index (κ1) is 22.0.